The van der Waals surface area contributed by atoms with Crippen molar-refractivity contribution in [1.29, 1.82) is 0 Å². The van der Waals surface area contributed by atoms with Crippen LogP contribution in [0.15, 0.2) is 59.3 Å². The minimum absolute atomic E-state index is 0.0146. The number of ether oxygens (including phenoxy) is 1. The molecule has 0 spiro atoms. The number of hydrogen-bond donors (Lipinski definition) is 4. The zero-order chi connectivity index (χ0) is 24.2. The van der Waals surface area contributed by atoms with Crippen LogP contribution in [0.1, 0.15) is 40.2 Å². The lowest BCUT2D eigenvalue weighted by Crippen LogP contribution is -2.48. The Morgan fingerprint density at radius 1 is 1.09 bits per heavy atom. The predicted molar refractivity (Wildman–Crippen MR) is 119 cm³/mol. The molecule has 1 heterocycles. The second kappa shape index (κ2) is 9.75. The largest absolute Gasteiger partial charge is 0.480 e. The van der Waals surface area contributed by atoms with Gasteiger partial charge in [-0.1, -0.05) is 48.5 Å². The number of alkyl carbamates (subject to hydrolysis) is 1. The van der Waals surface area contributed by atoms with Gasteiger partial charge in [-0.2, -0.15) is 0 Å². The number of fused-ring (bicyclic) bond motifs is 3. The molecule has 0 bridgehead atoms. The number of carboxylic acid groups (broad SMARTS) is 1. The molecule has 0 fully saturated rings. The zero-order valence-electron chi connectivity index (χ0n) is 18.2. The van der Waals surface area contributed by atoms with Crippen molar-refractivity contribution in [2.24, 2.45) is 0 Å². The van der Waals surface area contributed by atoms with Gasteiger partial charge in [-0.25, -0.2) is 14.6 Å². The second-order valence-electron chi connectivity index (χ2n) is 7.83. The highest BCUT2D eigenvalue weighted by Crippen LogP contribution is 2.44. The summed E-state index contributed by atoms with van der Waals surface area (Å²) >= 11 is 0. The first-order chi connectivity index (χ1) is 16.4. The summed E-state index contributed by atoms with van der Waals surface area (Å²) in [5.74, 6) is -2.34. The number of aromatic nitrogens is 1. The van der Waals surface area contributed by atoms with Crippen molar-refractivity contribution in [3.63, 3.8) is 0 Å². The van der Waals surface area contributed by atoms with E-state index < -0.39 is 30.1 Å². The van der Waals surface area contributed by atoms with Crippen LogP contribution in [0.5, 0.6) is 0 Å². The van der Waals surface area contributed by atoms with Crippen molar-refractivity contribution in [2.75, 3.05) is 6.61 Å². The minimum Gasteiger partial charge on any atom is -0.480 e. The molecule has 0 aliphatic heterocycles. The van der Waals surface area contributed by atoms with Gasteiger partial charge in [-0.3, -0.25) is 4.79 Å². The van der Waals surface area contributed by atoms with E-state index in [9.17, 15) is 19.5 Å². The van der Waals surface area contributed by atoms with E-state index in [1.807, 2.05) is 48.5 Å². The Hall–Kier alpha value is -4.18. The third-order valence-corrected chi connectivity index (χ3v) is 5.63. The van der Waals surface area contributed by atoms with Gasteiger partial charge in [-0.15, -0.1) is 0 Å². The maximum atomic E-state index is 12.4. The molecular weight excluding hydrogens is 442 g/mol. The highest BCUT2D eigenvalue weighted by atomic mass is 16.5. The Balaban J connectivity index is 1.36. The number of rotatable bonds is 8. The number of aliphatic hydroxyl groups excluding tert-OH is 1. The molecule has 2 aromatic carbocycles. The number of carbonyl (C=O) groups is 3. The normalized spacial score (nSPS) is 13.9. The number of aliphatic hydroxyl groups is 1. The molecule has 1 aliphatic rings. The SMILES string of the molecule is C[C@@H](O)[C@H](NC(=O)c1ncoc1CNC(=O)OCC1c2ccccc2-c2ccccc21)C(=O)O. The Morgan fingerprint density at radius 2 is 1.71 bits per heavy atom. The van der Waals surface area contributed by atoms with Crippen LogP contribution in [-0.2, 0) is 16.1 Å². The molecule has 34 heavy (non-hydrogen) atoms. The minimum atomic E-state index is -1.52. The Labute approximate surface area is 194 Å². The number of hydrogen-bond acceptors (Lipinski definition) is 7. The lowest BCUT2D eigenvalue weighted by atomic mass is 9.98. The van der Waals surface area contributed by atoms with Crippen LogP contribution in [0, 0.1) is 0 Å². The first kappa shape index (κ1) is 23.0. The van der Waals surface area contributed by atoms with E-state index in [0.29, 0.717) is 0 Å². The maximum Gasteiger partial charge on any atom is 0.407 e. The van der Waals surface area contributed by atoms with E-state index >= 15 is 0 Å². The summed E-state index contributed by atoms with van der Waals surface area (Å²) in [4.78, 5) is 39.7. The molecule has 10 nitrogen and oxygen atoms in total. The highest BCUT2D eigenvalue weighted by molar-refractivity contribution is 5.96. The fourth-order valence-electron chi connectivity index (χ4n) is 3.98. The van der Waals surface area contributed by atoms with Gasteiger partial charge in [0.2, 0.25) is 0 Å². The second-order valence-corrected chi connectivity index (χ2v) is 7.83. The van der Waals surface area contributed by atoms with Gasteiger partial charge in [0, 0.05) is 5.92 Å². The summed E-state index contributed by atoms with van der Waals surface area (Å²) in [5, 5.41) is 23.3. The van der Waals surface area contributed by atoms with Crippen LogP contribution in [0.4, 0.5) is 4.79 Å². The van der Waals surface area contributed by atoms with E-state index in [-0.39, 0.29) is 30.5 Å². The average molecular weight is 465 g/mol. The molecule has 4 N–H and O–H groups in total. The van der Waals surface area contributed by atoms with E-state index in [2.05, 4.69) is 15.6 Å². The molecule has 2 atom stereocenters. The quantitative estimate of drug-likeness (QED) is 0.396. The maximum absolute atomic E-state index is 12.4. The summed E-state index contributed by atoms with van der Waals surface area (Å²) in [5.41, 5.74) is 4.18. The fourth-order valence-corrected chi connectivity index (χ4v) is 3.98. The van der Waals surface area contributed by atoms with Crippen LogP contribution in [0.25, 0.3) is 11.1 Å². The van der Waals surface area contributed by atoms with Crippen molar-refractivity contribution in [2.45, 2.75) is 31.5 Å². The van der Waals surface area contributed by atoms with Crippen LogP contribution < -0.4 is 10.6 Å². The average Bonchev–Trinajstić information content (AvgIpc) is 3.42. The number of carboxylic acids is 1. The van der Waals surface area contributed by atoms with Crippen molar-refractivity contribution in [3.8, 4) is 11.1 Å². The van der Waals surface area contributed by atoms with Gasteiger partial charge in [0.25, 0.3) is 5.91 Å². The van der Waals surface area contributed by atoms with Crippen molar-refractivity contribution in [1.82, 2.24) is 15.6 Å². The van der Waals surface area contributed by atoms with Gasteiger partial charge < -0.3 is 30.0 Å². The predicted octanol–water partition coefficient (Wildman–Crippen LogP) is 2.28. The van der Waals surface area contributed by atoms with Crippen molar-refractivity contribution >= 4 is 18.0 Å². The lowest BCUT2D eigenvalue weighted by molar-refractivity contribution is -0.141. The van der Waals surface area contributed by atoms with Crippen LogP contribution in [0.3, 0.4) is 0 Å². The molecule has 10 heteroatoms. The van der Waals surface area contributed by atoms with Crippen LogP contribution >= 0.6 is 0 Å². The third-order valence-electron chi connectivity index (χ3n) is 5.63. The van der Waals surface area contributed by atoms with Gasteiger partial charge in [-0.05, 0) is 29.2 Å². The number of carbonyl (C=O) groups excluding carboxylic acids is 2. The van der Waals surface area contributed by atoms with E-state index in [1.54, 1.807) is 0 Å². The van der Waals surface area contributed by atoms with Crippen molar-refractivity contribution in [3.05, 3.63) is 77.5 Å². The molecule has 0 saturated heterocycles. The number of nitrogens with one attached hydrogen (secondary N) is 2. The van der Waals surface area contributed by atoms with Crippen molar-refractivity contribution < 1.29 is 33.8 Å². The number of amides is 2. The van der Waals surface area contributed by atoms with E-state index in [4.69, 9.17) is 14.3 Å². The standard InChI is InChI=1S/C24H23N3O7/c1-13(28)20(23(30)31)27-22(29)21-19(34-12-26-21)10-25-24(32)33-11-18-16-8-4-2-6-14(16)15-7-3-5-9-17(15)18/h2-9,12-13,18,20,28H,10-11H2,1H3,(H,25,32)(H,27,29)(H,30,31)/t13-,20+/m1/s1. The zero-order valence-corrected chi connectivity index (χ0v) is 18.2. The molecule has 2 amide bonds. The van der Waals surface area contributed by atoms with Gasteiger partial charge in [0.1, 0.15) is 6.61 Å². The highest BCUT2D eigenvalue weighted by Gasteiger charge is 2.30. The first-order valence-electron chi connectivity index (χ1n) is 10.6. The summed E-state index contributed by atoms with van der Waals surface area (Å²) in [6.07, 6.45) is -1.03. The molecule has 4 rings (SSSR count). The fraction of sp³-hybridized carbons (Fsp3) is 0.250. The summed E-state index contributed by atoms with van der Waals surface area (Å²) < 4.78 is 10.6. The first-order valence-corrected chi connectivity index (χ1v) is 10.6. The number of oxazole rings is 1. The summed E-state index contributed by atoms with van der Waals surface area (Å²) in [6, 6.07) is 14.4. The van der Waals surface area contributed by atoms with E-state index in [1.165, 1.54) is 6.92 Å². The van der Waals surface area contributed by atoms with Gasteiger partial charge in [0.15, 0.2) is 23.9 Å². The Morgan fingerprint density at radius 3 is 2.29 bits per heavy atom. The third kappa shape index (κ3) is 4.62. The molecule has 3 aromatic rings. The summed E-state index contributed by atoms with van der Waals surface area (Å²) in [6.45, 7) is 1.16. The smallest absolute Gasteiger partial charge is 0.407 e. The lowest BCUT2D eigenvalue weighted by Gasteiger charge is -2.16. The number of benzene rings is 2. The molecule has 0 unspecified atom stereocenters. The van der Waals surface area contributed by atoms with Crippen LogP contribution in [-0.4, -0.2) is 51.9 Å². The summed E-state index contributed by atoms with van der Waals surface area (Å²) in [7, 11) is 0. The molecule has 1 aliphatic carbocycles. The Kier molecular flexibility index (Phi) is 6.60. The van der Waals surface area contributed by atoms with E-state index in [0.717, 1.165) is 28.6 Å². The molecule has 0 radical (unpaired) electrons. The number of nitrogens with zero attached hydrogens (tertiary/aromatic N) is 1. The monoisotopic (exact) mass is 465 g/mol. The van der Waals surface area contributed by atoms with Gasteiger partial charge >= 0.3 is 12.1 Å². The molecular formula is C24H23N3O7. The molecule has 1 aromatic heterocycles. The molecule has 176 valence electrons. The topological polar surface area (TPSA) is 151 Å². The number of aliphatic carboxylic acids is 1. The molecule has 0 saturated carbocycles. The van der Waals surface area contributed by atoms with Gasteiger partial charge in [0.05, 0.1) is 12.6 Å². The van der Waals surface area contributed by atoms with Crippen LogP contribution in [0.2, 0.25) is 0 Å². The Bertz CT molecular complexity index is 1180.